The van der Waals surface area contributed by atoms with Crippen molar-refractivity contribution in [2.45, 2.75) is 20.8 Å². The Bertz CT molecular complexity index is 422. The van der Waals surface area contributed by atoms with E-state index < -0.39 is 0 Å². The molecule has 0 aliphatic rings. The first kappa shape index (κ1) is 11.9. The second-order valence-electron chi connectivity index (χ2n) is 4.30. The molecular weight excluding hydrogens is 252 g/mol. The van der Waals surface area contributed by atoms with E-state index in [4.69, 9.17) is 5.26 Å². The van der Waals surface area contributed by atoms with E-state index in [0.717, 1.165) is 15.9 Å². The molecule has 0 N–H and O–H groups in total. The molecule has 0 radical (unpaired) electrons. The SMILES string of the molecule is CC(C)(C)/C(C#N)=C/c1cccc(Br)n1. The normalized spacial score (nSPS) is 12.3. The molecule has 0 spiro atoms. The number of rotatable bonds is 1. The van der Waals surface area contributed by atoms with Crippen LogP contribution in [0.1, 0.15) is 26.5 Å². The lowest BCUT2D eigenvalue weighted by atomic mass is 9.87. The summed E-state index contributed by atoms with van der Waals surface area (Å²) in [6, 6.07) is 7.86. The minimum Gasteiger partial charge on any atom is -0.242 e. The fourth-order valence-corrected chi connectivity index (χ4v) is 1.43. The molecule has 0 bridgehead atoms. The number of pyridine rings is 1. The van der Waals surface area contributed by atoms with E-state index in [1.165, 1.54) is 0 Å². The fraction of sp³-hybridized carbons (Fsp3) is 0.333. The van der Waals surface area contributed by atoms with Crippen molar-refractivity contribution in [2.24, 2.45) is 5.41 Å². The lowest BCUT2D eigenvalue weighted by Crippen LogP contribution is -2.07. The summed E-state index contributed by atoms with van der Waals surface area (Å²) >= 11 is 3.30. The van der Waals surface area contributed by atoms with Crippen molar-refractivity contribution >= 4 is 22.0 Å². The molecule has 78 valence electrons. The van der Waals surface area contributed by atoms with E-state index in [1.807, 2.05) is 45.0 Å². The zero-order valence-corrected chi connectivity index (χ0v) is 10.7. The van der Waals surface area contributed by atoms with Gasteiger partial charge in [-0.25, -0.2) is 4.98 Å². The van der Waals surface area contributed by atoms with Crippen LogP contribution in [0.25, 0.3) is 6.08 Å². The highest BCUT2D eigenvalue weighted by Crippen LogP contribution is 2.26. The summed E-state index contributed by atoms with van der Waals surface area (Å²) in [6.45, 7) is 6.04. The minimum absolute atomic E-state index is 0.140. The summed E-state index contributed by atoms with van der Waals surface area (Å²) in [5, 5.41) is 9.03. The lowest BCUT2D eigenvalue weighted by molar-refractivity contribution is 0.523. The van der Waals surface area contributed by atoms with Crippen LogP contribution in [0.15, 0.2) is 28.4 Å². The van der Waals surface area contributed by atoms with E-state index in [0.29, 0.717) is 0 Å². The molecule has 3 heteroatoms. The van der Waals surface area contributed by atoms with Crippen LogP contribution in [0.4, 0.5) is 0 Å². The summed E-state index contributed by atoms with van der Waals surface area (Å²) in [5.41, 5.74) is 1.39. The number of hydrogen-bond acceptors (Lipinski definition) is 2. The largest absolute Gasteiger partial charge is 0.242 e. The van der Waals surface area contributed by atoms with Gasteiger partial charge >= 0.3 is 0 Å². The Morgan fingerprint density at radius 2 is 2.13 bits per heavy atom. The molecule has 0 fully saturated rings. The van der Waals surface area contributed by atoms with Gasteiger partial charge in [-0.2, -0.15) is 5.26 Å². The number of hydrogen-bond donors (Lipinski definition) is 0. The van der Waals surface area contributed by atoms with E-state index in [-0.39, 0.29) is 5.41 Å². The first-order valence-electron chi connectivity index (χ1n) is 4.68. The van der Waals surface area contributed by atoms with Crippen LogP contribution in [0, 0.1) is 16.7 Å². The Balaban J connectivity index is 3.11. The number of halogens is 1. The second-order valence-corrected chi connectivity index (χ2v) is 5.12. The Hall–Kier alpha value is -1.14. The molecule has 0 saturated carbocycles. The molecule has 1 aromatic heterocycles. The molecule has 1 rings (SSSR count). The van der Waals surface area contributed by atoms with Gasteiger partial charge in [-0.3, -0.25) is 0 Å². The molecule has 2 nitrogen and oxygen atoms in total. The first-order valence-corrected chi connectivity index (χ1v) is 5.47. The Labute approximate surface area is 98.8 Å². The predicted octanol–water partition coefficient (Wildman–Crippen LogP) is 3.80. The molecule has 0 atom stereocenters. The number of aromatic nitrogens is 1. The van der Waals surface area contributed by atoms with Gasteiger partial charge in [-0.05, 0) is 39.6 Å². The molecule has 15 heavy (non-hydrogen) atoms. The van der Waals surface area contributed by atoms with Crippen molar-refractivity contribution in [1.82, 2.24) is 4.98 Å². The van der Waals surface area contributed by atoms with Crippen molar-refractivity contribution in [1.29, 1.82) is 5.26 Å². The summed E-state index contributed by atoms with van der Waals surface area (Å²) in [5.74, 6) is 0. The Morgan fingerprint density at radius 1 is 1.47 bits per heavy atom. The molecule has 0 aromatic carbocycles. The van der Waals surface area contributed by atoms with E-state index >= 15 is 0 Å². The van der Waals surface area contributed by atoms with Crippen LogP contribution in [-0.2, 0) is 0 Å². The minimum atomic E-state index is -0.140. The molecule has 0 unspecified atom stereocenters. The van der Waals surface area contributed by atoms with Gasteiger partial charge in [0.25, 0.3) is 0 Å². The van der Waals surface area contributed by atoms with Gasteiger partial charge in [0.1, 0.15) is 4.60 Å². The molecule has 0 aliphatic carbocycles. The number of nitriles is 1. The summed E-state index contributed by atoms with van der Waals surface area (Å²) < 4.78 is 0.780. The van der Waals surface area contributed by atoms with Crippen LogP contribution >= 0.6 is 15.9 Å². The standard InChI is InChI=1S/C12H13BrN2/c1-12(2,3)9(8-14)7-10-5-4-6-11(13)15-10/h4-7H,1-3H3/b9-7+. The predicted molar refractivity (Wildman–Crippen MR) is 65.0 cm³/mol. The third-order valence-corrected chi connectivity index (χ3v) is 2.40. The van der Waals surface area contributed by atoms with Crippen molar-refractivity contribution < 1.29 is 0 Å². The molecular formula is C12H13BrN2. The average molecular weight is 265 g/mol. The first-order chi connectivity index (χ1) is 6.93. The maximum Gasteiger partial charge on any atom is 0.106 e. The monoisotopic (exact) mass is 264 g/mol. The maximum absolute atomic E-state index is 9.03. The smallest absolute Gasteiger partial charge is 0.106 e. The average Bonchev–Trinajstić information content (AvgIpc) is 2.12. The van der Waals surface area contributed by atoms with Gasteiger partial charge in [-0.15, -0.1) is 0 Å². The second kappa shape index (κ2) is 4.59. The summed E-state index contributed by atoms with van der Waals surface area (Å²) in [4.78, 5) is 4.26. The van der Waals surface area contributed by atoms with Crippen LogP contribution in [-0.4, -0.2) is 4.98 Å². The van der Waals surface area contributed by atoms with Gasteiger partial charge in [-0.1, -0.05) is 26.8 Å². The zero-order chi connectivity index (χ0) is 11.5. The Morgan fingerprint density at radius 3 is 2.60 bits per heavy atom. The van der Waals surface area contributed by atoms with Crippen LogP contribution in [0.3, 0.4) is 0 Å². The van der Waals surface area contributed by atoms with Crippen molar-refractivity contribution in [3.05, 3.63) is 34.1 Å². The summed E-state index contributed by atoms with van der Waals surface area (Å²) in [7, 11) is 0. The highest BCUT2D eigenvalue weighted by Gasteiger charge is 2.16. The van der Waals surface area contributed by atoms with Crippen LogP contribution in [0.2, 0.25) is 0 Å². The third kappa shape index (κ3) is 3.49. The quantitative estimate of drug-likeness (QED) is 0.572. The van der Waals surface area contributed by atoms with Gasteiger partial charge in [0.15, 0.2) is 0 Å². The molecule has 0 amide bonds. The molecule has 1 aromatic rings. The maximum atomic E-state index is 9.03. The van der Waals surface area contributed by atoms with Crippen LogP contribution < -0.4 is 0 Å². The lowest BCUT2D eigenvalue weighted by Gasteiger charge is -2.16. The van der Waals surface area contributed by atoms with Crippen molar-refractivity contribution in [3.63, 3.8) is 0 Å². The zero-order valence-electron chi connectivity index (χ0n) is 9.08. The van der Waals surface area contributed by atoms with Crippen LogP contribution in [0.5, 0.6) is 0 Å². The van der Waals surface area contributed by atoms with Gasteiger partial charge in [0, 0.05) is 5.57 Å². The van der Waals surface area contributed by atoms with Gasteiger partial charge in [0.05, 0.1) is 11.8 Å². The van der Waals surface area contributed by atoms with E-state index in [1.54, 1.807) is 0 Å². The Kier molecular flexibility index (Phi) is 3.65. The fourth-order valence-electron chi connectivity index (χ4n) is 1.07. The number of allylic oxidation sites excluding steroid dienone is 1. The van der Waals surface area contributed by atoms with Gasteiger partial charge in [0.2, 0.25) is 0 Å². The molecule has 0 aliphatic heterocycles. The molecule has 1 heterocycles. The van der Waals surface area contributed by atoms with E-state index in [9.17, 15) is 0 Å². The highest BCUT2D eigenvalue weighted by atomic mass is 79.9. The highest BCUT2D eigenvalue weighted by molar-refractivity contribution is 9.10. The van der Waals surface area contributed by atoms with Crippen molar-refractivity contribution in [2.75, 3.05) is 0 Å². The van der Waals surface area contributed by atoms with Crippen molar-refractivity contribution in [3.8, 4) is 6.07 Å². The van der Waals surface area contributed by atoms with E-state index in [2.05, 4.69) is 27.0 Å². The molecule has 0 saturated heterocycles. The topological polar surface area (TPSA) is 36.7 Å². The summed E-state index contributed by atoms with van der Waals surface area (Å²) in [6.07, 6.45) is 1.82. The van der Waals surface area contributed by atoms with Gasteiger partial charge < -0.3 is 0 Å². The number of nitrogens with zero attached hydrogens (tertiary/aromatic N) is 2. The third-order valence-electron chi connectivity index (χ3n) is 1.96.